The molecule has 15 heavy (non-hydrogen) atoms. The number of ether oxygens (including phenoxy) is 1. The molecular weight excluding hydrogens is 197 g/mol. The van der Waals surface area contributed by atoms with Gasteiger partial charge in [0.25, 0.3) is 0 Å². The van der Waals surface area contributed by atoms with Crippen molar-refractivity contribution in [2.24, 2.45) is 5.73 Å². The summed E-state index contributed by atoms with van der Waals surface area (Å²) in [5.41, 5.74) is 6.44. The van der Waals surface area contributed by atoms with Gasteiger partial charge in [0, 0.05) is 17.7 Å². The van der Waals surface area contributed by atoms with Crippen LogP contribution in [0.25, 0.3) is 0 Å². The first kappa shape index (κ1) is 11.9. The van der Waals surface area contributed by atoms with Crippen LogP contribution >= 0.6 is 0 Å². The van der Waals surface area contributed by atoms with Gasteiger partial charge >= 0.3 is 0 Å². The number of aliphatic hydroxyl groups is 1. The molecule has 0 radical (unpaired) electrons. The van der Waals surface area contributed by atoms with Crippen LogP contribution in [0.2, 0.25) is 0 Å². The van der Waals surface area contributed by atoms with Crippen molar-refractivity contribution < 1.29 is 14.2 Å². The zero-order chi connectivity index (χ0) is 11.4. The lowest BCUT2D eigenvalue weighted by Gasteiger charge is -2.14. The van der Waals surface area contributed by atoms with Crippen LogP contribution in [-0.2, 0) is 0 Å². The van der Waals surface area contributed by atoms with Gasteiger partial charge in [-0.15, -0.1) is 0 Å². The van der Waals surface area contributed by atoms with Crippen molar-refractivity contribution in [3.8, 4) is 5.75 Å². The summed E-state index contributed by atoms with van der Waals surface area (Å²) >= 11 is 0. The highest BCUT2D eigenvalue weighted by Crippen LogP contribution is 2.24. The van der Waals surface area contributed by atoms with Crippen molar-refractivity contribution in [1.82, 2.24) is 0 Å². The second-order valence-corrected chi connectivity index (χ2v) is 3.63. The Balaban J connectivity index is 2.87. The molecule has 0 saturated carbocycles. The molecule has 84 valence electrons. The lowest BCUT2D eigenvalue weighted by molar-refractivity contribution is 0.121. The van der Waals surface area contributed by atoms with Crippen molar-refractivity contribution in [2.75, 3.05) is 6.61 Å². The van der Waals surface area contributed by atoms with Crippen LogP contribution in [0.3, 0.4) is 0 Å². The van der Waals surface area contributed by atoms with Gasteiger partial charge in [-0.2, -0.15) is 0 Å². The van der Waals surface area contributed by atoms with E-state index >= 15 is 0 Å². The molecule has 0 aliphatic carbocycles. The SMILES string of the molecule is CC(O)COc1cc(F)ccc1[C@H](C)N. The molecular formula is C11H16FNO2. The third-order valence-corrected chi connectivity index (χ3v) is 1.95. The van der Waals surface area contributed by atoms with Crippen LogP contribution in [0, 0.1) is 5.82 Å². The van der Waals surface area contributed by atoms with Gasteiger partial charge in [0.15, 0.2) is 0 Å². The van der Waals surface area contributed by atoms with Crippen molar-refractivity contribution in [1.29, 1.82) is 0 Å². The van der Waals surface area contributed by atoms with E-state index in [2.05, 4.69) is 0 Å². The summed E-state index contributed by atoms with van der Waals surface area (Å²) in [5, 5.41) is 9.06. The zero-order valence-corrected chi connectivity index (χ0v) is 8.90. The summed E-state index contributed by atoms with van der Waals surface area (Å²) < 4.78 is 18.2. The quantitative estimate of drug-likeness (QED) is 0.798. The lowest BCUT2D eigenvalue weighted by atomic mass is 10.1. The Hall–Kier alpha value is -1.13. The fourth-order valence-electron chi connectivity index (χ4n) is 1.22. The first-order valence-electron chi connectivity index (χ1n) is 4.86. The molecule has 0 spiro atoms. The molecule has 0 bridgehead atoms. The first-order valence-corrected chi connectivity index (χ1v) is 4.86. The third-order valence-electron chi connectivity index (χ3n) is 1.95. The highest BCUT2D eigenvalue weighted by atomic mass is 19.1. The van der Waals surface area contributed by atoms with Gasteiger partial charge in [-0.05, 0) is 19.9 Å². The van der Waals surface area contributed by atoms with Crippen LogP contribution in [0.15, 0.2) is 18.2 Å². The summed E-state index contributed by atoms with van der Waals surface area (Å²) in [6.45, 7) is 3.52. The van der Waals surface area contributed by atoms with Gasteiger partial charge in [-0.3, -0.25) is 0 Å². The molecule has 1 aromatic carbocycles. The third kappa shape index (κ3) is 3.49. The van der Waals surface area contributed by atoms with Crippen LogP contribution in [0.1, 0.15) is 25.5 Å². The number of benzene rings is 1. The molecule has 3 N–H and O–H groups in total. The molecule has 1 rings (SSSR count). The molecule has 2 atom stereocenters. The van der Waals surface area contributed by atoms with E-state index in [9.17, 15) is 4.39 Å². The predicted molar refractivity (Wildman–Crippen MR) is 56.2 cm³/mol. The van der Waals surface area contributed by atoms with Crippen LogP contribution in [-0.4, -0.2) is 17.8 Å². The highest BCUT2D eigenvalue weighted by Gasteiger charge is 2.10. The zero-order valence-electron chi connectivity index (χ0n) is 8.90. The largest absolute Gasteiger partial charge is 0.490 e. The summed E-state index contributed by atoms with van der Waals surface area (Å²) in [6, 6.07) is 3.99. The van der Waals surface area contributed by atoms with Crippen molar-refractivity contribution in [2.45, 2.75) is 26.0 Å². The van der Waals surface area contributed by atoms with E-state index in [1.54, 1.807) is 19.9 Å². The van der Waals surface area contributed by atoms with Crippen LogP contribution in [0.4, 0.5) is 4.39 Å². The van der Waals surface area contributed by atoms with Gasteiger partial charge in [0.1, 0.15) is 18.2 Å². The first-order chi connectivity index (χ1) is 7.00. The Kier molecular flexibility index (Phi) is 4.05. The lowest BCUT2D eigenvalue weighted by Crippen LogP contribution is -2.15. The number of hydrogen-bond acceptors (Lipinski definition) is 3. The van der Waals surface area contributed by atoms with Gasteiger partial charge < -0.3 is 15.6 Å². The Morgan fingerprint density at radius 1 is 1.47 bits per heavy atom. The topological polar surface area (TPSA) is 55.5 Å². The molecule has 0 heterocycles. The Bertz CT molecular complexity index is 326. The van der Waals surface area contributed by atoms with Crippen molar-refractivity contribution in [3.63, 3.8) is 0 Å². The van der Waals surface area contributed by atoms with E-state index in [-0.39, 0.29) is 18.5 Å². The Morgan fingerprint density at radius 3 is 2.67 bits per heavy atom. The van der Waals surface area contributed by atoms with E-state index in [1.165, 1.54) is 12.1 Å². The standard InChI is InChI=1S/C11H16FNO2/c1-7(14)6-15-11-5-9(12)3-4-10(11)8(2)13/h3-5,7-8,14H,6,13H2,1-2H3/t7?,8-/m0/s1. The normalized spacial score (nSPS) is 14.7. The van der Waals surface area contributed by atoms with Gasteiger partial charge in [0.2, 0.25) is 0 Å². The average Bonchev–Trinajstić information content (AvgIpc) is 2.14. The van der Waals surface area contributed by atoms with E-state index in [4.69, 9.17) is 15.6 Å². The second kappa shape index (κ2) is 5.09. The number of rotatable bonds is 4. The summed E-state index contributed by atoms with van der Waals surface area (Å²) in [5.74, 6) is 0.0193. The van der Waals surface area contributed by atoms with E-state index in [0.29, 0.717) is 5.75 Å². The Morgan fingerprint density at radius 2 is 2.13 bits per heavy atom. The summed E-state index contributed by atoms with van der Waals surface area (Å²) in [4.78, 5) is 0. The van der Waals surface area contributed by atoms with Gasteiger partial charge in [0.05, 0.1) is 6.10 Å². The molecule has 0 aliphatic heterocycles. The Labute approximate surface area is 88.7 Å². The summed E-state index contributed by atoms with van der Waals surface area (Å²) in [7, 11) is 0. The minimum absolute atomic E-state index is 0.128. The molecule has 0 amide bonds. The molecule has 3 nitrogen and oxygen atoms in total. The van der Waals surface area contributed by atoms with Crippen LogP contribution in [0.5, 0.6) is 5.75 Å². The maximum atomic E-state index is 13.0. The number of aliphatic hydroxyl groups excluding tert-OH is 1. The van der Waals surface area contributed by atoms with Crippen LogP contribution < -0.4 is 10.5 Å². The molecule has 0 fully saturated rings. The molecule has 0 saturated heterocycles. The monoisotopic (exact) mass is 213 g/mol. The highest BCUT2D eigenvalue weighted by molar-refractivity contribution is 5.36. The number of halogens is 1. The average molecular weight is 213 g/mol. The second-order valence-electron chi connectivity index (χ2n) is 3.63. The van der Waals surface area contributed by atoms with Gasteiger partial charge in [-0.25, -0.2) is 4.39 Å². The van der Waals surface area contributed by atoms with E-state index in [0.717, 1.165) is 5.56 Å². The van der Waals surface area contributed by atoms with Crippen molar-refractivity contribution >= 4 is 0 Å². The molecule has 0 aromatic heterocycles. The molecule has 0 aliphatic rings. The van der Waals surface area contributed by atoms with E-state index in [1.807, 2.05) is 0 Å². The molecule has 4 heteroatoms. The molecule has 1 unspecified atom stereocenters. The molecule has 1 aromatic rings. The predicted octanol–water partition coefficient (Wildman–Crippen LogP) is 1.60. The summed E-state index contributed by atoms with van der Waals surface area (Å²) in [6.07, 6.45) is -0.589. The minimum atomic E-state index is -0.589. The van der Waals surface area contributed by atoms with Gasteiger partial charge in [-0.1, -0.05) is 6.07 Å². The van der Waals surface area contributed by atoms with Crippen molar-refractivity contribution in [3.05, 3.63) is 29.6 Å². The fraction of sp³-hybridized carbons (Fsp3) is 0.455. The maximum absolute atomic E-state index is 13.0. The minimum Gasteiger partial charge on any atom is -0.490 e. The number of nitrogens with two attached hydrogens (primary N) is 1. The maximum Gasteiger partial charge on any atom is 0.127 e. The fourth-order valence-corrected chi connectivity index (χ4v) is 1.22. The van der Waals surface area contributed by atoms with E-state index < -0.39 is 6.10 Å². The number of hydrogen-bond donors (Lipinski definition) is 2. The smallest absolute Gasteiger partial charge is 0.127 e.